The topological polar surface area (TPSA) is 64.6 Å². The highest BCUT2D eigenvalue weighted by molar-refractivity contribution is 6.53. The van der Waals surface area contributed by atoms with E-state index in [0.717, 1.165) is 0 Å². The fourth-order valence-electron chi connectivity index (χ4n) is 0.695. The molecule has 0 radical (unpaired) electrons. The second-order valence-corrected chi connectivity index (χ2v) is 3.69. The van der Waals surface area contributed by atoms with Crippen LogP contribution in [0.4, 0.5) is 9.18 Å². The summed E-state index contributed by atoms with van der Waals surface area (Å²) in [6.07, 6.45) is -2.76. The average molecular weight is 276 g/mol. The fraction of sp³-hybridized carbons (Fsp3) is 0.750. The monoisotopic (exact) mass is 275 g/mol. The highest BCUT2D eigenvalue weighted by Gasteiger charge is 2.16. The van der Waals surface area contributed by atoms with Crippen LogP contribution >= 0.6 is 23.2 Å². The SMILES string of the molecule is CCOC(=O)OCCC(F)NC(=O)C(Cl)Cl. The van der Waals surface area contributed by atoms with E-state index in [1.54, 1.807) is 6.92 Å². The normalized spacial score (nSPS) is 12.1. The Balaban J connectivity index is 3.62. The highest BCUT2D eigenvalue weighted by Crippen LogP contribution is 2.03. The van der Waals surface area contributed by atoms with Gasteiger partial charge in [0.2, 0.25) is 0 Å². The van der Waals surface area contributed by atoms with Crippen molar-refractivity contribution < 1.29 is 23.5 Å². The Labute approximate surface area is 102 Å². The molecule has 0 spiro atoms. The number of hydrogen-bond acceptors (Lipinski definition) is 4. The molecule has 0 saturated carbocycles. The third kappa shape index (κ3) is 7.53. The zero-order chi connectivity index (χ0) is 12.6. The van der Waals surface area contributed by atoms with Crippen LogP contribution in [0.1, 0.15) is 13.3 Å². The molecule has 0 aromatic rings. The molecule has 0 aliphatic carbocycles. The van der Waals surface area contributed by atoms with Crippen molar-refractivity contribution in [3.05, 3.63) is 0 Å². The third-order valence-corrected chi connectivity index (χ3v) is 1.75. The van der Waals surface area contributed by atoms with Crippen molar-refractivity contribution in [1.29, 1.82) is 0 Å². The van der Waals surface area contributed by atoms with E-state index in [-0.39, 0.29) is 19.6 Å². The quantitative estimate of drug-likeness (QED) is 0.456. The minimum Gasteiger partial charge on any atom is -0.435 e. The van der Waals surface area contributed by atoms with Gasteiger partial charge in [-0.25, -0.2) is 9.18 Å². The van der Waals surface area contributed by atoms with Crippen LogP contribution in [0.15, 0.2) is 0 Å². The van der Waals surface area contributed by atoms with Crippen LogP contribution in [-0.2, 0) is 14.3 Å². The molecule has 1 atom stereocenters. The van der Waals surface area contributed by atoms with E-state index in [4.69, 9.17) is 23.2 Å². The van der Waals surface area contributed by atoms with Gasteiger partial charge in [-0.15, -0.1) is 0 Å². The molecule has 0 aromatic heterocycles. The summed E-state index contributed by atoms with van der Waals surface area (Å²) < 4.78 is 21.9. The van der Waals surface area contributed by atoms with Crippen molar-refractivity contribution in [3.63, 3.8) is 0 Å². The number of carbonyl (C=O) groups is 2. The van der Waals surface area contributed by atoms with Crippen LogP contribution in [0.3, 0.4) is 0 Å². The standard InChI is InChI=1S/C8H12Cl2FNO4/c1-2-15-8(14)16-4-3-5(11)12-7(13)6(9)10/h5-6H,2-4H2,1H3,(H,12,13). The summed E-state index contributed by atoms with van der Waals surface area (Å²) in [5.74, 6) is -0.841. The van der Waals surface area contributed by atoms with E-state index in [0.29, 0.717) is 0 Å². The summed E-state index contributed by atoms with van der Waals surface area (Å²) >= 11 is 10.4. The van der Waals surface area contributed by atoms with E-state index in [1.165, 1.54) is 0 Å². The Bertz CT molecular complexity index is 240. The van der Waals surface area contributed by atoms with Crippen molar-refractivity contribution in [1.82, 2.24) is 5.32 Å². The van der Waals surface area contributed by atoms with Gasteiger partial charge < -0.3 is 14.8 Å². The molecule has 0 rings (SSSR count). The van der Waals surface area contributed by atoms with Crippen molar-refractivity contribution >= 4 is 35.3 Å². The number of ether oxygens (including phenoxy) is 2. The van der Waals surface area contributed by atoms with E-state index in [9.17, 15) is 14.0 Å². The lowest BCUT2D eigenvalue weighted by Gasteiger charge is -2.11. The van der Waals surface area contributed by atoms with Gasteiger partial charge >= 0.3 is 6.16 Å². The first-order chi connectivity index (χ1) is 7.47. The second-order valence-electron chi connectivity index (χ2n) is 2.60. The van der Waals surface area contributed by atoms with Gasteiger partial charge in [0.05, 0.1) is 13.2 Å². The molecule has 5 nitrogen and oxygen atoms in total. The maximum atomic E-state index is 13.0. The predicted octanol–water partition coefficient (Wildman–Crippen LogP) is 1.77. The van der Waals surface area contributed by atoms with Crippen molar-refractivity contribution in [2.45, 2.75) is 24.5 Å². The van der Waals surface area contributed by atoms with Crippen LogP contribution in [0.5, 0.6) is 0 Å². The lowest BCUT2D eigenvalue weighted by molar-refractivity contribution is -0.121. The summed E-state index contributed by atoms with van der Waals surface area (Å²) in [7, 11) is 0. The lowest BCUT2D eigenvalue weighted by atomic mass is 10.4. The Morgan fingerprint density at radius 3 is 2.50 bits per heavy atom. The van der Waals surface area contributed by atoms with E-state index in [2.05, 4.69) is 9.47 Å². The minimum absolute atomic E-state index is 0.175. The van der Waals surface area contributed by atoms with Crippen molar-refractivity contribution in [2.75, 3.05) is 13.2 Å². The first-order valence-corrected chi connectivity index (χ1v) is 5.36. The largest absolute Gasteiger partial charge is 0.508 e. The zero-order valence-corrected chi connectivity index (χ0v) is 10.1. The van der Waals surface area contributed by atoms with Gasteiger partial charge in [-0.2, -0.15) is 0 Å². The van der Waals surface area contributed by atoms with Crippen LogP contribution in [-0.4, -0.2) is 36.4 Å². The van der Waals surface area contributed by atoms with Gasteiger partial charge in [-0.1, -0.05) is 23.2 Å². The summed E-state index contributed by atoms with van der Waals surface area (Å²) in [5, 5.41) is 1.88. The third-order valence-electron chi connectivity index (χ3n) is 1.35. The summed E-state index contributed by atoms with van der Waals surface area (Å²) in [6.45, 7) is 1.57. The number of amides is 1. The van der Waals surface area contributed by atoms with Gasteiger partial charge in [0, 0.05) is 6.42 Å². The predicted molar refractivity (Wildman–Crippen MR) is 56.1 cm³/mol. The number of halogens is 3. The Kier molecular flexibility index (Phi) is 8.01. The van der Waals surface area contributed by atoms with Gasteiger partial charge in [0.25, 0.3) is 5.91 Å². The molecule has 0 fully saturated rings. The average Bonchev–Trinajstić information content (AvgIpc) is 2.17. The van der Waals surface area contributed by atoms with Crippen LogP contribution in [0.2, 0.25) is 0 Å². The molecule has 1 amide bonds. The minimum atomic E-state index is -1.68. The molecule has 8 heteroatoms. The lowest BCUT2D eigenvalue weighted by Crippen LogP contribution is -2.36. The number of alkyl halides is 3. The molecule has 1 N–H and O–H groups in total. The maximum Gasteiger partial charge on any atom is 0.508 e. The first-order valence-electron chi connectivity index (χ1n) is 4.49. The second kappa shape index (κ2) is 8.41. The number of carbonyl (C=O) groups excluding carboxylic acids is 2. The van der Waals surface area contributed by atoms with Gasteiger partial charge in [-0.05, 0) is 6.92 Å². The first kappa shape index (κ1) is 15.2. The molecule has 94 valence electrons. The Morgan fingerprint density at radius 1 is 1.38 bits per heavy atom. The fourth-order valence-corrected chi connectivity index (χ4v) is 0.821. The Morgan fingerprint density at radius 2 is 2.00 bits per heavy atom. The van der Waals surface area contributed by atoms with Gasteiger partial charge in [-0.3, -0.25) is 4.79 Å². The van der Waals surface area contributed by atoms with E-state index >= 15 is 0 Å². The molecule has 0 bridgehead atoms. The molecular formula is C8H12Cl2FNO4. The summed E-state index contributed by atoms with van der Waals surface area (Å²) in [6, 6.07) is 0. The van der Waals surface area contributed by atoms with Gasteiger partial charge in [0.1, 0.15) is 0 Å². The Hall–Kier alpha value is -0.750. The molecule has 0 aromatic carbocycles. The van der Waals surface area contributed by atoms with Crippen molar-refractivity contribution in [2.24, 2.45) is 0 Å². The van der Waals surface area contributed by atoms with Crippen LogP contribution in [0.25, 0.3) is 0 Å². The summed E-state index contributed by atoms with van der Waals surface area (Å²) in [4.78, 5) is 20.1. The van der Waals surface area contributed by atoms with E-state index < -0.39 is 23.2 Å². The zero-order valence-electron chi connectivity index (χ0n) is 8.54. The number of hydrogen-bond donors (Lipinski definition) is 1. The van der Waals surface area contributed by atoms with Gasteiger partial charge in [0.15, 0.2) is 11.1 Å². The number of rotatable bonds is 6. The summed E-state index contributed by atoms with van der Waals surface area (Å²) in [5.41, 5.74) is 0. The maximum absolute atomic E-state index is 13.0. The molecule has 16 heavy (non-hydrogen) atoms. The highest BCUT2D eigenvalue weighted by atomic mass is 35.5. The molecule has 0 aliphatic rings. The number of nitrogens with one attached hydrogen (secondary N) is 1. The molecular weight excluding hydrogens is 264 g/mol. The van der Waals surface area contributed by atoms with Crippen LogP contribution < -0.4 is 5.32 Å². The molecule has 1 unspecified atom stereocenters. The van der Waals surface area contributed by atoms with Crippen molar-refractivity contribution in [3.8, 4) is 0 Å². The van der Waals surface area contributed by atoms with Crippen LogP contribution in [0, 0.1) is 0 Å². The molecule has 0 aliphatic heterocycles. The smallest absolute Gasteiger partial charge is 0.435 e. The van der Waals surface area contributed by atoms with E-state index in [1.807, 2.05) is 5.32 Å². The molecule has 0 heterocycles. The molecule has 0 saturated heterocycles.